The molecule has 0 radical (unpaired) electrons. The molecule has 7 nitrogen and oxygen atoms in total. The van der Waals surface area contributed by atoms with Crippen LogP contribution in [-0.4, -0.2) is 56.4 Å². The van der Waals surface area contributed by atoms with Gasteiger partial charge in [-0.05, 0) is 43.0 Å². The van der Waals surface area contributed by atoms with Crippen LogP contribution in [0, 0.1) is 0 Å². The lowest BCUT2D eigenvalue weighted by atomic mass is 10.2. The van der Waals surface area contributed by atoms with Gasteiger partial charge in [0, 0.05) is 31.5 Å². The van der Waals surface area contributed by atoms with Gasteiger partial charge in [0.25, 0.3) is 5.91 Å². The standard InChI is InChI=1S/C11H14N2O2.C10H16ClNO2S/c1-12-9-2-4-10(5-3-9)13-6-7-15-8-11(13)14;1-4-9(15-8(3)11)5-10(14)12-6-7(2)13/h2-5,12H,6-8H2,1H3;4,7,13H,3,5-6H2,1-2H3,(H,12,14)/b;9-4-. The summed E-state index contributed by atoms with van der Waals surface area (Å²) in [5, 5.41) is 14.6. The molecule has 0 bridgehead atoms. The highest BCUT2D eigenvalue weighted by Crippen LogP contribution is 2.28. The van der Waals surface area contributed by atoms with Crippen molar-refractivity contribution < 1.29 is 19.4 Å². The van der Waals surface area contributed by atoms with Gasteiger partial charge in [0.2, 0.25) is 5.91 Å². The Balaban J connectivity index is 0.000000300. The summed E-state index contributed by atoms with van der Waals surface area (Å²) in [5.74, 6) is -0.104. The second-order valence-electron chi connectivity index (χ2n) is 6.44. The van der Waals surface area contributed by atoms with Crippen molar-refractivity contribution >= 4 is 46.6 Å². The summed E-state index contributed by atoms with van der Waals surface area (Å²) in [6.45, 7) is 8.70. The number of aliphatic hydroxyl groups excluding tert-OH is 1. The van der Waals surface area contributed by atoms with Crippen LogP contribution in [-0.2, 0) is 14.3 Å². The molecule has 0 aliphatic carbocycles. The summed E-state index contributed by atoms with van der Waals surface area (Å²) < 4.78 is 5.51. The third-order valence-electron chi connectivity index (χ3n) is 3.95. The fraction of sp³-hybridized carbons (Fsp3) is 0.429. The highest BCUT2D eigenvalue weighted by atomic mass is 35.5. The molecule has 2 rings (SSSR count). The van der Waals surface area contributed by atoms with Crippen LogP contribution in [0.4, 0.5) is 11.4 Å². The Bertz CT molecular complexity index is 738. The number of nitrogens with one attached hydrogen (secondary N) is 2. The Morgan fingerprint density at radius 2 is 2.10 bits per heavy atom. The number of amides is 2. The number of allylic oxidation sites excluding steroid dienone is 1. The third-order valence-corrected chi connectivity index (χ3v) is 5.04. The molecule has 1 saturated heterocycles. The van der Waals surface area contributed by atoms with Crippen molar-refractivity contribution in [1.29, 1.82) is 0 Å². The van der Waals surface area contributed by atoms with Crippen LogP contribution in [0.15, 0.2) is 46.2 Å². The smallest absolute Gasteiger partial charge is 0.253 e. The average molecular weight is 456 g/mol. The quantitative estimate of drug-likeness (QED) is 0.557. The molecule has 1 aromatic rings. The van der Waals surface area contributed by atoms with Gasteiger partial charge in [-0.3, -0.25) is 9.59 Å². The van der Waals surface area contributed by atoms with Gasteiger partial charge in [-0.15, -0.1) is 0 Å². The summed E-state index contributed by atoms with van der Waals surface area (Å²) in [6, 6.07) is 7.79. The Kier molecular flexibility index (Phi) is 12.2. The first-order valence-corrected chi connectivity index (χ1v) is 10.7. The number of thioether (sulfide) groups is 1. The maximum Gasteiger partial charge on any atom is 0.253 e. The van der Waals surface area contributed by atoms with Crippen molar-refractivity contribution in [3.8, 4) is 0 Å². The molecular weight excluding hydrogens is 426 g/mol. The van der Waals surface area contributed by atoms with E-state index in [0.29, 0.717) is 17.5 Å². The number of rotatable bonds is 8. The summed E-state index contributed by atoms with van der Waals surface area (Å²) >= 11 is 6.89. The van der Waals surface area contributed by atoms with E-state index in [2.05, 4.69) is 17.2 Å². The van der Waals surface area contributed by atoms with Crippen molar-refractivity contribution in [1.82, 2.24) is 5.32 Å². The van der Waals surface area contributed by atoms with E-state index in [1.165, 1.54) is 11.8 Å². The molecule has 1 fully saturated rings. The number of morpholine rings is 1. The first kappa shape index (κ1) is 26.0. The maximum absolute atomic E-state index is 11.5. The van der Waals surface area contributed by atoms with Crippen LogP contribution in [0.25, 0.3) is 0 Å². The van der Waals surface area contributed by atoms with Crippen molar-refractivity contribution in [2.45, 2.75) is 26.4 Å². The molecule has 1 heterocycles. The molecule has 1 unspecified atom stereocenters. The third kappa shape index (κ3) is 10.2. The summed E-state index contributed by atoms with van der Waals surface area (Å²) in [4.78, 5) is 25.5. The topological polar surface area (TPSA) is 90.9 Å². The molecule has 1 aliphatic heterocycles. The minimum Gasteiger partial charge on any atom is -0.392 e. The van der Waals surface area contributed by atoms with Gasteiger partial charge >= 0.3 is 0 Å². The van der Waals surface area contributed by atoms with Crippen molar-refractivity contribution in [2.75, 3.05) is 43.6 Å². The normalized spacial score (nSPS) is 15.0. The van der Waals surface area contributed by atoms with Gasteiger partial charge in [0.1, 0.15) is 6.61 Å². The lowest BCUT2D eigenvalue weighted by Gasteiger charge is -2.26. The number of anilines is 2. The Labute approximate surface area is 187 Å². The van der Waals surface area contributed by atoms with Crippen LogP contribution in [0.3, 0.4) is 0 Å². The fourth-order valence-electron chi connectivity index (χ4n) is 2.42. The lowest BCUT2D eigenvalue weighted by molar-refractivity contribution is -0.125. The van der Waals surface area contributed by atoms with Crippen LogP contribution in [0.5, 0.6) is 0 Å². The van der Waals surface area contributed by atoms with E-state index in [1.807, 2.05) is 44.3 Å². The Hall–Kier alpha value is -2.00. The molecule has 0 saturated carbocycles. The Morgan fingerprint density at radius 3 is 2.60 bits per heavy atom. The molecule has 1 aliphatic rings. The molecule has 1 aromatic carbocycles. The van der Waals surface area contributed by atoms with E-state index in [9.17, 15) is 9.59 Å². The summed E-state index contributed by atoms with van der Waals surface area (Å²) in [5.41, 5.74) is 1.97. The number of ether oxygens (including phenoxy) is 1. The fourth-order valence-corrected chi connectivity index (χ4v) is 3.32. The highest BCUT2D eigenvalue weighted by Gasteiger charge is 2.19. The van der Waals surface area contributed by atoms with Crippen LogP contribution < -0.4 is 15.5 Å². The maximum atomic E-state index is 11.5. The van der Waals surface area contributed by atoms with Crippen molar-refractivity contribution in [2.24, 2.45) is 0 Å². The second kappa shape index (κ2) is 14.1. The van der Waals surface area contributed by atoms with Crippen molar-refractivity contribution in [3.05, 3.63) is 46.2 Å². The van der Waals surface area contributed by atoms with Gasteiger partial charge in [0.05, 0.1) is 23.5 Å². The van der Waals surface area contributed by atoms with Gasteiger partial charge in [-0.25, -0.2) is 0 Å². The molecule has 0 aromatic heterocycles. The zero-order valence-corrected chi connectivity index (χ0v) is 19.2. The molecule has 166 valence electrons. The highest BCUT2D eigenvalue weighted by molar-refractivity contribution is 8.08. The molecule has 2 amide bonds. The first-order valence-electron chi connectivity index (χ1n) is 9.55. The lowest BCUT2D eigenvalue weighted by Crippen LogP contribution is -2.41. The molecule has 0 spiro atoms. The molecular formula is C21H30ClN3O4S. The van der Waals surface area contributed by atoms with Crippen LogP contribution in [0.1, 0.15) is 20.3 Å². The largest absolute Gasteiger partial charge is 0.392 e. The van der Waals surface area contributed by atoms with E-state index in [4.69, 9.17) is 21.4 Å². The van der Waals surface area contributed by atoms with Crippen LogP contribution >= 0.6 is 23.4 Å². The van der Waals surface area contributed by atoms with E-state index in [0.717, 1.165) is 16.3 Å². The SMILES string of the molecule is C=C(Cl)S/C(=C\C)CC(=O)NCC(C)O.CNc1ccc(N2CCOCC2=O)cc1. The Morgan fingerprint density at radius 1 is 1.43 bits per heavy atom. The minimum atomic E-state index is -0.529. The summed E-state index contributed by atoms with van der Waals surface area (Å²) in [6.07, 6.45) is 1.55. The zero-order chi connectivity index (χ0) is 22.5. The summed E-state index contributed by atoms with van der Waals surface area (Å²) in [7, 11) is 1.87. The number of benzene rings is 1. The number of hydrogen-bond donors (Lipinski definition) is 3. The van der Waals surface area contributed by atoms with E-state index in [-0.39, 0.29) is 31.4 Å². The first-order chi connectivity index (χ1) is 14.3. The monoisotopic (exact) mass is 455 g/mol. The van der Waals surface area contributed by atoms with Gasteiger partial charge in [-0.1, -0.05) is 36.0 Å². The number of halogens is 1. The number of carbonyl (C=O) groups excluding carboxylic acids is 2. The van der Waals surface area contributed by atoms with E-state index >= 15 is 0 Å². The molecule has 30 heavy (non-hydrogen) atoms. The predicted octanol–water partition coefficient (Wildman–Crippen LogP) is 3.31. The molecule has 9 heteroatoms. The van der Waals surface area contributed by atoms with Gasteiger partial charge < -0.3 is 25.4 Å². The van der Waals surface area contributed by atoms with Crippen LogP contribution in [0.2, 0.25) is 0 Å². The predicted molar refractivity (Wildman–Crippen MR) is 125 cm³/mol. The average Bonchev–Trinajstić information content (AvgIpc) is 2.72. The van der Waals surface area contributed by atoms with Gasteiger partial charge in [-0.2, -0.15) is 0 Å². The second-order valence-corrected chi connectivity index (χ2v) is 8.34. The minimum absolute atomic E-state index is 0.0263. The van der Waals surface area contributed by atoms with E-state index in [1.54, 1.807) is 11.8 Å². The van der Waals surface area contributed by atoms with E-state index < -0.39 is 6.10 Å². The number of hydrogen-bond acceptors (Lipinski definition) is 6. The molecule has 1 atom stereocenters. The number of nitrogens with zero attached hydrogens (tertiary/aromatic N) is 1. The van der Waals surface area contributed by atoms with Gasteiger partial charge in [0.15, 0.2) is 0 Å². The number of carbonyl (C=O) groups is 2. The number of aliphatic hydroxyl groups is 1. The molecule has 3 N–H and O–H groups in total. The van der Waals surface area contributed by atoms with Crippen molar-refractivity contribution in [3.63, 3.8) is 0 Å². The zero-order valence-electron chi connectivity index (χ0n) is 17.6.